The number of hydrogen-bond acceptors (Lipinski definition) is 5. The zero-order valence-electron chi connectivity index (χ0n) is 20.7. The van der Waals surface area contributed by atoms with E-state index in [9.17, 15) is 14.7 Å². The van der Waals surface area contributed by atoms with Crippen molar-refractivity contribution in [2.75, 3.05) is 4.90 Å². The largest absolute Gasteiger partial charge is 0.477 e. The van der Waals surface area contributed by atoms with Crippen LogP contribution in [0.3, 0.4) is 0 Å². The van der Waals surface area contributed by atoms with Gasteiger partial charge in [0.25, 0.3) is 0 Å². The molecule has 36 heavy (non-hydrogen) atoms. The van der Waals surface area contributed by atoms with Crippen LogP contribution in [-0.2, 0) is 4.79 Å². The van der Waals surface area contributed by atoms with Crippen LogP contribution in [0.5, 0.6) is 0 Å². The molecule has 1 aliphatic carbocycles. The van der Waals surface area contributed by atoms with Gasteiger partial charge in [-0.15, -0.1) is 5.10 Å². The van der Waals surface area contributed by atoms with Gasteiger partial charge in [-0.2, -0.15) is 0 Å². The molecule has 0 unspecified atom stereocenters. The van der Waals surface area contributed by atoms with Crippen molar-refractivity contribution in [3.63, 3.8) is 0 Å². The second-order valence-corrected chi connectivity index (χ2v) is 9.91. The normalized spacial score (nSPS) is 18.0. The second-order valence-electron chi connectivity index (χ2n) is 9.91. The number of nitrogens with zero attached hydrogens (tertiary/aromatic N) is 4. The molecule has 0 atom stereocenters. The standard InChI is InChI=1S/C28H30N4O4/c1-17(2)32(27(33)20-10-8-18(3)9-11-20)25-22(28(34)35)16-31(30-25)21-14-12-19(13-15-21)26-29-23-6-4-5-7-24(23)36-26/h4-7,12-18,20H,8-11H2,1-3H3,(H,34,35)/t18-,20-. The number of hydrogen-bond donors (Lipinski definition) is 1. The molecule has 5 rings (SSSR count). The van der Waals surface area contributed by atoms with E-state index in [1.807, 2.05) is 62.4 Å². The number of fused-ring (bicyclic) bond motifs is 1. The van der Waals surface area contributed by atoms with Crippen LogP contribution in [0.2, 0.25) is 0 Å². The van der Waals surface area contributed by atoms with Crippen LogP contribution in [0.15, 0.2) is 59.1 Å². The van der Waals surface area contributed by atoms with E-state index in [1.165, 1.54) is 10.9 Å². The summed E-state index contributed by atoms with van der Waals surface area (Å²) in [6.45, 7) is 5.99. The van der Waals surface area contributed by atoms with Crippen molar-refractivity contribution in [1.29, 1.82) is 0 Å². The quantitative estimate of drug-likeness (QED) is 0.362. The molecule has 1 N–H and O–H groups in total. The highest BCUT2D eigenvalue weighted by molar-refractivity contribution is 6.01. The van der Waals surface area contributed by atoms with Crippen LogP contribution in [0, 0.1) is 11.8 Å². The summed E-state index contributed by atoms with van der Waals surface area (Å²) >= 11 is 0. The number of para-hydroxylation sites is 2. The maximum atomic E-state index is 13.5. The predicted molar refractivity (Wildman–Crippen MR) is 137 cm³/mol. The molecule has 2 aromatic carbocycles. The maximum Gasteiger partial charge on any atom is 0.341 e. The van der Waals surface area contributed by atoms with E-state index in [2.05, 4.69) is 17.0 Å². The van der Waals surface area contributed by atoms with Crippen LogP contribution < -0.4 is 4.90 Å². The summed E-state index contributed by atoms with van der Waals surface area (Å²) in [6.07, 6.45) is 5.13. The van der Waals surface area contributed by atoms with Crippen molar-refractivity contribution in [1.82, 2.24) is 14.8 Å². The van der Waals surface area contributed by atoms with E-state index in [4.69, 9.17) is 4.42 Å². The number of benzene rings is 2. The molecule has 0 bridgehead atoms. The molecule has 1 aliphatic rings. The first-order valence-corrected chi connectivity index (χ1v) is 12.4. The van der Waals surface area contributed by atoms with E-state index in [0.29, 0.717) is 23.1 Å². The Labute approximate surface area is 209 Å². The summed E-state index contributed by atoms with van der Waals surface area (Å²) in [5.41, 5.74) is 2.97. The molecule has 186 valence electrons. The number of rotatable bonds is 6. The van der Waals surface area contributed by atoms with Crippen LogP contribution in [0.1, 0.15) is 56.8 Å². The Kier molecular flexibility index (Phi) is 6.35. The molecule has 0 saturated heterocycles. The number of carbonyl (C=O) groups excluding carboxylic acids is 1. The van der Waals surface area contributed by atoms with Crippen LogP contribution in [0.25, 0.3) is 28.2 Å². The molecule has 4 aromatic rings. The van der Waals surface area contributed by atoms with Crippen molar-refractivity contribution < 1.29 is 19.1 Å². The highest BCUT2D eigenvalue weighted by Gasteiger charge is 2.34. The minimum Gasteiger partial charge on any atom is -0.477 e. The lowest BCUT2D eigenvalue weighted by Crippen LogP contribution is -2.43. The summed E-state index contributed by atoms with van der Waals surface area (Å²) in [5.74, 6) is 0.0442. The number of anilines is 1. The second kappa shape index (κ2) is 9.60. The fraction of sp³-hybridized carbons (Fsp3) is 0.357. The Bertz CT molecular complexity index is 1360. The van der Waals surface area contributed by atoms with Gasteiger partial charge in [0, 0.05) is 23.7 Å². The highest BCUT2D eigenvalue weighted by atomic mass is 16.4. The third kappa shape index (κ3) is 4.51. The molecule has 1 amide bonds. The highest BCUT2D eigenvalue weighted by Crippen LogP contribution is 2.33. The molecule has 2 heterocycles. The van der Waals surface area contributed by atoms with Gasteiger partial charge in [-0.25, -0.2) is 14.5 Å². The topological polar surface area (TPSA) is 101 Å². The van der Waals surface area contributed by atoms with Gasteiger partial charge in [0.2, 0.25) is 11.8 Å². The van der Waals surface area contributed by atoms with Gasteiger partial charge in [0.1, 0.15) is 11.1 Å². The van der Waals surface area contributed by atoms with E-state index in [0.717, 1.165) is 36.8 Å². The molecule has 8 heteroatoms. The van der Waals surface area contributed by atoms with Crippen LogP contribution >= 0.6 is 0 Å². The van der Waals surface area contributed by atoms with Gasteiger partial charge in [0.05, 0.1) is 5.69 Å². The van der Waals surface area contributed by atoms with E-state index < -0.39 is 5.97 Å². The van der Waals surface area contributed by atoms with Gasteiger partial charge < -0.3 is 9.52 Å². The fourth-order valence-corrected chi connectivity index (χ4v) is 4.89. The first-order chi connectivity index (χ1) is 17.3. The van der Waals surface area contributed by atoms with E-state index >= 15 is 0 Å². The number of carboxylic acids is 1. The molecular formula is C28H30N4O4. The smallest absolute Gasteiger partial charge is 0.341 e. The lowest BCUT2D eigenvalue weighted by molar-refractivity contribution is -0.124. The molecule has 1 fully saturated rings. The lowest BCUT2D eigenvalue weighted by Gasteiger charge is -2.32. The van der Waals surface area contributed by atoms with Gasteiger partial charge >= 0.3 is 5.97 Å². The minimum absolute atomic E-state index is 0.00394. The average Bonchev–Trinajstić information content (AvgIpc) is 3.49. The summed E-state index contributed by atoms with van der Waals surface area (Å²) in [7, 11) is 0. The van der Waals surface area contributed by atoms with Gasteiger partial charge in [0.15, 0.2) is 11.4 Å². The molecule has 2 aromatic heterocycles. The number of carboxylic acid groups (broad SMARTS) is 1. The molecule has 8 nitrogen and oxygen atoms in total. The van der Waals surface area contributed by atoms with Crippen molar-refractivity contribution in [3.8, 4) is 17.1 Å². The monoisotopic (exact) mass is 486 g/mol. The molecule has 0 aliphatic heterocycles. The number of aromatic carboxylic acids is 1. The Balaban J connectivity index is 1.46. The average molecular weight is 487 g/mol. The number of amides is 1. The van der Waals surface area contributed by atoms with Gasteiger partial charge in [-0.1, -0.05) is 19.1 Å². The number of oxazole rings is 1. The van der Waals surface area contributed by atoms with E-state index in [-0.39, 0.29) is 29.2 Å². The molecule has 0 radical (unpaired) electrons. The Morgan fingerprint density at radius 2 is 1.75 bits per heavy atom. The zero-order valence-corrected chi connectivity index (χ0v) is 20.7. The summed E-state index contributed by atoms with van der Waals surface area (Å²) in [4.78, 5) is 31.7. The van der Waals surface area contributed by atoms with Crippen LogP contribution in [-0.4, -0.2) is 37.8 Å². The SMILES string of the molecule is CC(C)N(c1nn(-c2ccc(-c3nc4ccccc4o3)cc2)cc1C(=O)O)C(=O)[C@H]1CC[C@H](C)CC1. The number of carbonyl (C=O) groups is 2. The van der Waals surface area contributed by atoms with E-state index in [1.54, 1.807) is 4.90 Å². The van der Waals surface area contributed by atoms with Crippen LogP contribution in [0.4, 0.5) is 5.82 Å². The lowest BCUT2D eigenvalue weighted by atomic mass is 9.82. The third-order valence-corrected chi connectivity index (χ3v) is 6.94. The van der Waals surface area contributed by atoms with Crippen molar-refractivity contribution >= 4 is 28.8 Å². The Hall–Kier alpha value is -3.94. The summed E-state index contributed by atoms with van der Waals surface area (Å²) in [6, 6.07) is 14.7. The van der Waals surface area contributed by atoms with Gasteiger partial charge in [-0.3, -0.25) is 9.69 Å². The Morgan fingerprint density at radius 1 is 1.06 bits per heavy atom. The zero-order chi connectivity index (χ0) is 25.4. The third-order valence-electron chi connectivity index (χ3n) is 6.94. The first kappa shape index (κ1) is 23.8. The number of aromatic nitrogens is 3. The Morgan fingerprint density at radius 3 is 2.39 bits per heavy atom. The van der Waals surface area contributed by atoms with Crippen molar-refractivity contribution in [2.24, 2.45) is 11.8 Å². The van der Waals surface area contributed by atoms with Crippen molar-refractivity contribution in [2.45, 2.75) is 52.5 Å². The fourth-order valence-electron chi connectivity index (χ4n) is 4.89. The maximum absolute atomic E-state index is 13.5. The molecular weight excluding hydrogens is 456 g/mol. The first-order valence-electron chi connectivity index (χ1n) is 12.4. The molecule has 0 spiro atoms. The predicted octanol–water partition coefficient (Wildman–Crippen LogP) is 5.95. The summed E-state index contributed by atoms with van der Waals surface area (Å²) in [5, 5.41) is 14.5. The van der Waals surface area contributed by atoms with Crippen molar-refractivity contribution in [3.05, 3.63) is 60.3 Å². The minimum atomic E-state index is -1.12. The summed E-state index contributed by atoms with van der Waals surface area (Å²) < 4.78 is 7.36. The molecule has 1 saturated carbocycles. The van der Waals surface area contributed by atoms with Gasteiger partial charge in [-0.05, 0) is 81.8 Å².